The Morgan fingerprint density at radius 3 is 2.59 bits per heavy atom. The van der Waals surface area contributed by atoms with E-state index in [2.05, 4.69) is 9.62 Å². The van der Waals surface area contributed by atoms with Crippen LogP contribution in [-0.2, 0) is 10.0 Å². The Balaban J connectivity index is 2.08. The summed E-state index contributed by atoms with van der Waals surface area (Å²) in [6.45, 7) is 5.12. The summed E-state index contributed by atoms with van der Waals surface area (Å²) in [4.78, 5) is 2.28. The van der Waals surface area contributed by atoms with Crippen molar-refractivity contribution in [1.29, 1.82) is 0 Å². The highest BCUT2D eigenvalue weighted by Crippen LogP contribution is 2.09. The third kappa shape index (κ3) is 6.35. The summed E-state index contributed by atoms with van der Waals surface area (Å²) in [5.41, 5.74) is 0. The number of piperidine rings is 1. The fourth-order valence-corrected chi connectivity index (χ4v) is 3.15. The van der Waals surface area contributed by atoms with Crippen molar-refractivity contribution in [2.24, 2.45) is 0 Å². The summed E-state index contributed by atoms with van der Waals surface area (Å²) in [6.07, 6.45) is 3.01. The van der Waals surface area contributed by atoms with Crippen LogP contribution in [0, 0.1) is 0 Å². The van der Waals surface area contributed by atoms with Gasteiger partial charge in [-0.2, -0.15) is 0 Å². The smallest absolute Gasteiger partial charge is 0.211 e. The van der Waals surface area contributed by atoms with Crippen molar-refractivity contribution in [2.75, 3.05) is 31.9 Å². The topological polar surface area (TPSA) is 69.6 Å². The van der Waals surface area contributed by atoms with E-state index in [1.807, 2.05) is 6.92 Å². The number of nitrogens with zero attached hydrogens (tertiary/aromatic N) is 1. The minimum absolute atomic E-state index is 0.144. The van der Waals surface area contributed by atoms with Crippen molar-refractivity contribution in [3.05, 3.63) is 0 Å². The molecule has 0 spiro atoms. The lowest BCUT2D eigenvalue weighted by Gasteiger charge is -2.29. The van der Waals surface area contributed by atoms with E-state index in [1.165, 1.54) is 0 Å². The van der Waals surface area contributed by atoms with Gasteiger partial charge in [0.15, 0.2) is 0 Å². The average Bonchev–Trinajstić information content (AvgIpc) is 2.27. The molecular formula is C11H24N2O3S. The maximum atomic E-state index is 11.4. The van der Waals surface area contributed by atoms with Crippen LogP contribution in [0.3, 0.4) is 0 Å². The number of hydrogen-bond acceptors (Lipinski definition) is 4. The van der Waals surface area contributed by atoms with E-state index in [1.54, 1.807) is 0 Å². The number of aliphatic hydroxyl groups excluding tert-OH is 1. The molecule has 0 amide bonds. The Morgan fingerprint density at radius 2 is 2.00 bits per heavy atom. The molecule has 17 heavy (non-hydrogen) atoms. The van der Waals surface area contributed by atoms with Crippen molar-refractivity contribution in [1.82, 2.24) is 9.62 Å². The van der Waals surface area contributed by atoms with Crippen LogP contribution in [0.15, 0.2) is 0 Å². The fraction of sp³-hybridized carbons (Fsp3) is 1.00. The van der Waals surface area contributed by atoms with Crippen LogP contribution >= 0.6 is 0 Å². The molecular weight excluding hydrogens is 240 g/mol. The van der Waals surface area contributed by atoms with E-state index in [0.29, 0.717) is 13.0 Å². The lowest BCUT2D eigenvalue weighted by Crippen LogP contribution is -2.37. The quantitative estimate of drug-likeness (QED) is 0.643. The second-order valence-electron chi connectivity index (χ2n) is 4.64. The fourth-order valence-electron chi connectivity index (χ4n) is 2.01. The van der Waals surface area contributed by atoms with Crippen LogP contribution in [0.25, 0.3) is 0 Å². The minimum Gasteiger partial charge on any atom is -0.393 e. The van der Waals surface area contributed by atoms with Crippen molar-refractivity contribution in [3.63, 3.8) is 0 Å². The first kappa shape index (κ1) is 14.9. The van der Waals surface area contributed by atoms with Gasteiger partial charge in [0, 0.05) is 19.6 Å². The Morgan fingerprint density at radius 1 is 1.35 bits per heavy atom. The van der Waals surface area contributed by atoms with Crippen LogP contribution in [0.1, 0.15) is 32.6 Å². The SMILES string of the molecule is CCCS(=O)(=O)NCCCN1CCC(O)CC1. The van der Waals surface area contributed by atoms with Gasteiger partial charge in [-0.1, -0.05) is 6.92 Å². The van der Waals surface area contributed by atoms with Gasteiger partial charge in [-0.05, 0) is 32.2 Å². The maximum Gasteiger partial charge on any atom is 0.211 e. The molecule has 6 heteroatoms. The Bertz CT molecular complexity index is 298. The van der Waals surface area contributed by atoms with Crippen LogP contribution in [0.2, 0.25) is 0 Å². The number of aliphatic hydroxyl groups is 1. The van der Waals surface area contributed by atoms with E-state index in [0.717, 1.165) is 38.9 Å². The molecule has 0 aromatic carbocycles. The zero-order valence-corrected chi connectivity index (χ0v) is 11.4. The molecule has 0 aliphatic carbocycles. The third-order valence-electron chi connectivity index (χ3n) is 3.00. The maximum absolute atomic E-state index is 11.4. The first-order chi connectivity index (χ1) is 8.03. The normalized spacial score (nSPS) is 19.6. The second kappa shape index (κ2) is 7.31. The molecule has 1 aliphatic heterocycles. The molecule has 1 rings (SSSR count). The molecule has 1 aliphatic rings. The first-order valence-electron chi connectivity index (χ1n) is 6.41. The predicted molar refractivity (Wildman–Crippen MR) is 68.4 cm³/mol. The van der Waals surface area contributed by atoms with Gasteiger partial charge in [0.1, 0.15) is 0 Å². The van der Waals surface area contributed by atoms with Gasteiger partial charge in [-0.25, -0.2) is 13.1 Å². The molecule has 0 atom stereocenters. The van der Waals surface area contributed by atoms with Crippen LogP contribution < -0.4 is 4.72 Å². The predicted octanol–water partition coefficient (Wildman–Crippen LogP) is 0.163. The lowest BCUT2D eigenvalue weighted by atomic mass is 10.1. The summed E-state index contributed by atoms with van der Waals surface area (Å²) in [6, 6.07) is 0. The molecule has 1 heterocycles. The second-order valence-corrected chi connectivity index (χ2v) is 6.57. The largest absolute Gasteiger partial charge is 0.393 e. The summed E-state index contributed by atoms with van der Waals surface area (Å²) >= 11 is 0. The molecule has 1 saturated heterocycles. The number of hydrogen-bond donors (Lipinski definition) is 2. The summed E-state index contributed by atoms with van der Waals surface area (Å²) < 4.78 is 25.3. The van der Waals surface area contributed by atoms with E-state index >= 15 is 0 Å². The van der Waals surface area contributed by atoms with Crippen LogP contribution in [0.4, 0.5) is 0 Å². The van der Waals surface area contributed by atoms with E-state index in [9.17, 15) is 13.5 Å². The third-order valence-corrected chi connectivity index (χ3v) is 4.59. The number of likely N-dealkylation sites (tertiary alicyclic amines) is 1. The Kier molecular flexibility index (Phi) is 6.40. The highest BCUT2D eigenvalue weighted by molar-refractivity contribution is 7.89. The number of nitrogens with one attached hydrogen (secondary N) is 1. The van der Waals surface area contributed by atoms with Gasteiger partial charge < -0.3 is 10.0 Å². The van der Waals surface area contributed by atoms with Gasteiger partial charge in [-0.3, -0.25) is 0 Å². The first-order valence-corrected chi connectivity index (χ1v) is 8.06. The molecule has 0 aromatic heterocycles. The molecule has 102 valence electrons. The van der Waals surface area contributed by atoms with Gasteiger partial charge in [0.2, 0.25) is 10.0 Å². The molecule has 0 bridgehead atoms. The van der Waals surface area contributed by atoms with Crippen molar-refractivity contribution in [2.45, 2.75) is 38.7 Å². The summed E-state index contributed by atoms with van der Waals surface area (Å²) in [5, 5.41) is 9.35. The highest BCUT2D eigenvalue weighted by atomic mass is 32.2. The van der Waals surface area contributed by atoms with E-state index in [4.69, 9.17) is 0 Å². The van der Waals surface area contributed by atoms with E-state index < -0.39 is 10.0 Å². The van der Waals surface area contributed by atoms with Gasteiger partial charge in [-0.15, -0.1) is 0 Å². The van der Waals surface area contributed by atoms with Gasteiger partial charge in [0.25, 0.3) is 0 Å². The van der Waals surface area contributed by atoms with Gasteiger partial charge in [0.05, 0.1) is 11.9 Å². The van der Waals surface area contributed by atoms with Crippen molar-refractivity contribution >= 4 is 10.0 Å². The van der Waals surface area contributed by atoms with E-state index in [-0.39, 0.29) is 11.9 Å². The summed E-state index contributed by atoms with van der Waals surface area (Å²) in [5.74, 6) is 0.211. The van der Waals surface area contributed by atoms with Crippen LogP contribution in [0.5, 0.6) is 0 Å². The highest BCUT2D eigenvalue weighted by Gasteiger charge is 2.16. The zero-order valence-electron chi connectivity index (χ0n) is 10.6. The van der Waals surface area contributed by atoms with Crippen LogP contribution in [-0.4, -0.2) is 56.5 Å². The monoisotopic (exact) mass is 264 g/mol. The Labute approximate surface area is 104 Å². The number of sulfonamides is 1. The average molecular weight is 264 g/mol. The zero-order chi connectivity index (χ0) is 12.7. The summed E-state index contributed by atoms with van der Waals surface area (Å²) in [7, 11) is -3.05. The standard InChI is InChI=1S/C11H24N2O3S/c1-2-10-17(15,16)12-6-3-7-13-8-4-11(14)5-9-13/h11-12,14H,2-10H2,1H3. The molecule has 1 fully saturated rings. The van der Waals surface area contributed by atoms with Gasteiger partial charge >= 0.3 is 0 Å². The molecule has 0 unspecified atom stereocenters. The van der Waals surface area contributed by atoms with Crippen molar-refractivity contribution < 1.29 is 13.5 Å². The van der Waals surface area contributed by atoms with Crippen molar-refractivity contribution in [3.8, 4) is 0 Å². The molecule has 0 saturated carbocycles. The number of rotatable bonds is 7. The molecule has 0 radical (unpaired) electrons. The molecule has 2 N–H and O–H groups in total. The minimum atomic E-state index is -3.05. The molecule has 0 aromatic rings. The Hall–Kier alpha value is -0.170. The lowest BCUT2D eigenvalue weighted by molar-refractivity contribution is 0.0823. The molecule has 5 nitrogen and oxygen atoms in total.